The van der Waals surface area contributed by atoms with Crippen molar-refractivity contribution >= 4 is 12.1 Å². The van der Waals surface area contributed by atoms with Gasteiger partial charge >= 0.3 is 12.1 Å². The van der Waals surface area contributed by atoms with Crippen LogP contribution in [0.15, 0.2) is 30.3 Å². The molecule has 0 spiro atoms. The molecule has 1 aromatic carbocycles. The fourth-order valence-electron chi connectivity index (χ4n) is 4.16. The highest BCUT2D eigenvalue weighted by atomic mass is 19.3. The van der Waals surface area contributed by atoms with Crippen molar-refractivity contribution in [3.05, 3.63) is 35.9 Å². The van der Waals surface area contributed by atoms with E-state index in [9.17, 15) is 23.5 Å². The summed E-state index contributed by atoms with van der Waals surface area (Å²) in [6.45, 7) is 5.46. The topological polar surface area (TPSA) is 88.5 Å². The van der Waals surface area contributed by atoms with Crippen LogP contribution < -0.4 is 0 Å². The lowest BCUT2D eigenvalue weighted by molar-refractivity contribution is -0.198. The van der Waals surface area contributed by atoms with Crippen molar-refractivity contribution in [2.45, 2.75) is 70.4 Å². The Labute approximate surface area is 192 Å². The van der Waals surface area contributed by atoms with Gasteiger partial charge in [0.05, 0.1) is 37.8 Å². The zero-order valence-corrected chi connectivity index (χ0v) is 19.4. The van der Waals surface area contributed by atoms with E-state index >= 15 is 0 Å². The molecule has 1 amide bonds. The molecule has 1 N–H and O–H groups in total. The maximum Gasteiger partial charge on any atom is 0.410 e. The average Bonchev–Trinajstić information content (AvgIpc) is 3.26. The Balaban J connectivity index is 1.62. The Hall–Kier alpha value is -2.30. The summed E-state index contributed by atoms with van der Waals surface area (Å²) >= 11 is 0. The van der Waals surface area contributed by atoms with Crippen molar-refractivity contribution in [2.75, 3.05) is 19.7 Å². The van der Waals surface area contributed by atoms with Crippen molar-refractivity contribution in [1.82, 2.24) is 9.96 Å². The minimum Gasteiger partial charge on any atom is -0.461 e. The molecule has 2 aliphatic rings. The minimum atomic E-state index is -3.27. The summed E-state index contributed by atoms with van der Waals surface area (Å²) in [6.07, 6.45) is -1.86. The van der Waals surface area contributed by atoms with E-state index in [4.69, 9.17) is 14.3 Å². The second kappa shape index (κ2) is 9.90. The third-order valence-electron chi connectivity index (χ3n) is 5.73. The largest absolute Gasteiger partial charge is 0.461 e. The zero-order valence-electron chi connectivity index (χ0n) is 19.4. The molecule has 1 aromatic rings. The van der Waals surface area contributed by atoms with Gasteiger partial charge in [-0.05, 0) is 32.8 Å². The van der Waals surface area contributed by atoms with E-state index < -0.39 is 54.2 Å². The third-order valence-corrected chi connectivity index (χ3v) is 5.73. The Bertz CT molecular complexity index is 832. The molecule has 2 fully saturated rings. The van der Waals surface area contributed by atoms with Crippen LogP contribution in [0.1, 0.15) is 39.7 Å². The smallest absolute Gasteiger partial charge is 0.410 e. The number of aliphatic hydroxyl groups excluding tert-OH is 1. The predicted molar refractivity (Wildman–Crippen MR) is 114 cm³/mol. The van der Waals surface area contributed by atoms with Gasteiger partial charge in [0.2, 0.25) is 0 Å². The van der Waals surface area contributed by atoms with Crippen LogP contribution in [0.2, 0.25) is 0 Å². The normalized spacial score (nSPS) is 24.3. The molecule has 0 bridgehead atoms. The molecule has 8 nitrogen and oxygen atoms in total. The molecule has 4 atom stereocenters. The zero-order chi connectivity index (χ0) is 24.4. The van der Waals surface area contributed by atoms with Crippen LogP contribution in [-0.4, -0.2) is 76.5 Å². The van der Waals surface area contributed by atoms with E-state index in [1.165, 1.54) is 0 Å². The molecular formula is C23H32F2N2O6. The summed E-state index contributed by atoms with van der Waals surface area (Å²) in [5, 5.41) is 11.7. The second-order valence-electron chi connectivity index (χ2n) is 9.45. The molecular weight excluding hydrogens is 438 g/mol. The number of ether oxygens (including phenoxy) is 2. The van der Waals surface area contributed by atoms with Crippen LogP contribution in [-0.2, 0) is 25.7 Å². The Morgan fingerprint density at radius 1 is 1.27 bits per heavy atom. The van der Waals surface area contributed by atoms with Crippen LogP contribution in [0.4, 0.5) is 13.6 Å². The number of esters is 1. The van der Waals surface area contributed by atoms with Crippen LogP contribution in [0, 0.1) is 5.92 Å². The standard InChI is InChI=1S/C23H32F2N2O6/c1-5-16(20(29)31-12-15-9-7-6-8-10-15)18(28)11-27-19-17(13-32-27)26(14-23(19,24)25)21(30)33-22(2,3)4/h6-10,16-19,28H,5,11-14H2,1-4H3/t16?,17-,18?,19+/m1/s1. The highest BCUT2D eigenvalue weighted by molar-refractivity contribution is 5.73. The lowest BCUT2D eigenvalue weighted by atomic mass is 9.98. The predicted octanol–water partition coefficient (Wildman–Crippen LogP) is 2.99. The summed E-state index contributed by atoms with van der Waals surface area (Å²) in [5.41, 5.74) is -0.0254. The minimum absolute atomic E-state index is 0.0523. The number of carbonyl (C=O) groups is 2. The van der Waals surface area contributed by atoms with E-state index in [0.29, 0.717) is 0 Å². The molecule has 2 unspecified atom stereocenters. The number of rotatable bonds is 7. The molecule has 184 valence electrons. The molecule has 0 radical (unpaired) electrons. The molecule has 2 saturated heterocycles. The molecule has 10 heteroatoms. The Kier molecular flexibility index (Phi) is 7.60. The first kappa shape index (κ1) is 25.3. The van der Waals surface area contributed by atoms with Gasteiger partial charge in [0, 0.05) is 0 Å². The average molecular weight is 471 g/mol. The van der Waals surface area contributed by atoms with Gasteiger partial charge < -0.3 is 14.6 Å². The van der Waals surface area contributed by atoms with Crippen LogP contribution >= 0.6 is 0 Å². The van der Waals surface area contributed by atoms with Gasteiger partial charge in [-0.15, -0.1) is 0 Å². The summed E-state index contributed by atoms with van der Waals surface area (Å²) < 4.78 is 40.3. The fraction of sp³-hybridized carbons (Fsp3) is 0.652. The van der Waals surface area contributed by atoms with Gasteiger partial charge in [-0.3, -0.25) is 14.5 Å². The lowest BCUT2D eigenvalue weighted by Crippen LogP contribution is -2.49. The number of carbonyl (C=O) groups excluding carboxylic acids is 2. The molecule has 2 aliphatic heterocycles. The molecule has 0 saturated carbocycles. The highest BCUT2D eigenvalue weighted by Gasteiger charge is 2.63. The Morgan fingerprint density at radius 2 is 1.94 bits per heavy atom. The van der Waals surface area contributed by atoms with Gasteiger partial charge in [0.25, 0.3) is 5.92 Å². The van der Waals surface area contributed by atoms with E-state index in [0.717, 1.165) is 15.5 Å². The maximum absolute atomic E-state index is 14.8. The van der Waals surface area contributed by atoms with Gasteiger partial charge in [-0.1, -0.05) is 37.3 Å². The molecule has 0 aliphatic carbocycles. The van der Waals surface area contributed by atoms with Crippen molar-refractivity contribution in [2.24, 2.45) is 5.92 Å². The third kappa shape index (κ3) is 5.99. The quantitative estimate of drug-likeness (QED) is 0.613. The molecule has 0 aromatic heterocycles. The number of hydroxylamine groups is 2. The molecule has 33 heavy (non-hydrogen) atoms. The number of fused-ring (bicyclic) bond motifs is 1. The molecule has 2 heterocycles. The van der Waals surface area contributed by atoms with Crippen LogP contribution in [0.3, 0.4) is 0 Å². The number of β-amino-alcohol motifs (C(OH)–C–C–N with tert-alkyl or cyclic N) is 1. The van der Waals surface area contributed by atoms with E-state index in [-0.39, 0.29) is 26.2 Å². The number of halogens is 2. The SMILES string of the molecule is CCC(C(=O)OCc1ccccc1)C(O)CN1OC[C@@H]2[C@H]1C(F)(F)CN2C(=O)OC(C)(C)C. The number of hydrogen-bond donors (Lipinski definition) is 1. The van der Waals surface area contributed by atoms with Gasteiger partial charge in [0.15, 0.2) is 0 Å². The number of alkyl halides is 2. The van der Waals surface area contributed by atoms with E-state index in [1.54, 1.807) is 27.7 Å². The van der Waals surface area contributed by atoms with Gasteiger partial charge in [-0.2, -0.15) is 5.06 Å². The number of aliphatic hydroxyl groups is 1. The summed E-state index contributed by atoms with van der Waals surface area (Å²) in [6, 6.07) is 6.72. The number of amides is 1. The van der Waals surface area contributed by atoms with Crippen molar-refractivity contribution in [3.8, 4) is 0 Å². The van der Waals surface area contributed by atoms with E-state index in [1.807, 2.05) is 30.3 Å². The summed E-state index contributed by atoms with van der Waals surface area (Å²) in [4.78, 5) is 31.4. The lowest BCUT2D eigenvalue weighted by Gasteiger charge is -2.29. The maximum atomic E-state index is 14.8. The van der Waals surface area contributed by atoms with Crippen LogP contribution in [0.5, 0.6) is 0 Å². The Morgan fingerprint density at radius 3 is 2.55 bits per heavy atom. The molecule has 3 rings (SSSR count). The fourth-order valence-corrected chi connectivity index (χ4v) is 4.16. The summed E-state index contributed by atoms with van der Waals surface area (Å²) in [7, 11) is 0. The highest BCUT2D eigenvalue weighted by Crippen LogP contribution is 2.41. The van der Waals surface area contributed by atoms with Crippen LogP contribution in [0.25, 0.3) is 0 Å². The number of nitrogens with zero attached hydrogens (tertiary/aromatic N) is 2. The number of likely N-dealkylation sites (tertiary alicyclic amines) is 1. The summed E-state index contributed by atoms with van der Waals surface area (Å²) in [5.74, 6) is -4.79. The first-order valence-electron chi connectivity index (χ1n) is 11.1. The number of hydrogen-bond acceptors (Lipinski definition) is 7. The van der Waals surface area contributed by atoms with Crippen molar-refractivity contribution < 1.29 is 37.8 Å². The van der Waals surface area contributed by atoms with Crippen molar-refractivity contribution in [3.63, 3.8) is 0 Å². The number of benzene rings is 1. The van der Waals surface area contributed by atoms with Gasteiger partial charge in [0.1, 0.15) is 18.2 Å². The monoisotopic (exact) mass is 470 g/mol. The first-order chi connectivity index (χ1) is 15.4. The van der Waals surface area contributed by atoms with E-state index in [2.05, 4.69) is 0 Å². The van der Waals surface area contributed by atoms with Crippen molar-refractivity contribution in [1.29, 1.82) is 0 Å². The van der Waals surface area contributed by atoms with Gasteiger partial charge in [-0.25, -0.2) is 13.6 Å². The first-order valence-corrected chi connectivity index (χ1v) is 11.1. The second-order valence-corrected chi connectivity index (χ2v) is 9.45.